The summed E-state index contributed by atoms with van der Waals surface area (Å²) >= 11 is 4.37. The molecule has 0 aliphatic heterocycles. The fourth-order valence-corrected chi connectivity index (χ4v) is 10.1. The van der Waals surface area contributed by atoms with E-state index in [4.69, 9.17) is 4.42 Å². The molecule has 0 aliphatic carbocycles. The molecule has 0 fully saturated rings. The summed E-state index contributed by atoms with van der Waals surface area (Å²) in [6, 6.07) is 76.8. The topological polar surface area (TPSA) is 22.9 Å². The number of fused-ring (bicyclic) bond motifs is 3. The number of hydrogen-bond donors (Lipinski definition) is 0. The molecule has 0 saturated carbocycles. The minimum atomic E-state index is -0.206. The first-order valence-corrected chi connectivity index (χ1v) is 25.5. The Kier molecular flexibility index (Phi) is 12.5. The van der Waals surface area contributed by atoms with Crippen LogP contribution in [0.1, 0.15) is 79.0 Å². The lowest BCUT2D eigenvalue weighted by molar-refractivity contribution is 0.589. The Hall–Kier alpha value is -7.34. The Labute approximate surface area is 429 Å². The van der Waals surface area contributed by atoms with Crippen LogP contribution >= 0.6 is 15.9 Å². The minimum absolute atomic E-state index is 0.0113. The lowest BCUT2D eigenvalue weighted by atomic mass is 9.85. The molecule has 0 radical (unpaired) electrons. The Morgan fingerprint density at radius 1 is 0.338 bits per heavy atom. The largest absolute Gasteiger partial charge is 0.455 e. The molecule has 1 heterocycles. The van der Waals surface area contributed by atoms with Crippen LogP contribution in [-0.2, 0) is 16.2 Å². The molecule has 71 heavy (non-hydrogen) atoms. The van der Waals surface area contributed by atoms with Gasteiger partial charge in [0.25, 0.3) is 0 Å². The normalized spacial score (nSPS) is 12.1. The van der Waals surface area contributed by atoms with Gasteiger partial charge < -0.3 is 19.1 Å². The number of furan rings is 1. The van der Waals surface area contributed by atoms with E-state index in [2.05, 4.69) is 293 Å². The summed E-state index contributed by atoms with van der Waals surface area (Å²) in [7, 11) is 0. The third-order valence-electron chi connectivity index (χ3n) is 13.6. The van der Waals surface area contributed by atoms with Gasteiger partial charge in [0.05, 0.1) is 15.8 Å². The van der Waals surface area contributed by atoms with Crippen LogP contribution in [0.4, 0.5) is 51.2 Å². The van der Waals surface area contributed by atoms with Crippen LogP contribution in [0.3, 0.4) is 0 Å². The van der Waals surface area contributed by atoms with Gasteiger partial charge in [-0.3, -0.25) is 0 Å². The summed E-state index contributed by atoms with van der Waals surface area (Å²) in [4.78, 5) is 7.16. The van der Waals surface area contributed by atoms with Crippen molar-refractivity contribution >= 4 is 89.1 Å². The van der Waals surface area contributed by atoms with Crippen molar-refractivity contribution in [1.29, 1.82) is 0 Å². The van der Waals surface area contributed by atoms with Crippen molar-refractivity contribution in [3.05, 3.63) is 233 Å². The molecule has 0 amide bonds. The third-order valence-corrected chi connectivity index (χ3v) is 14.4. The monoisotopic (exact) mass is 991 g/mol. The molecule has 4 nitrogen and oxygen atoms in total. The summed E-state index contributed by atoms with van der Waals surface area (Å²) in [5, 5.41) is 2.24. The molecular formula is C66H62BrN3O. The number of hydrogen-bond acceptors (Lipinski definition) is 4. The van der Waals surface area contributed by atoms with Crippen molar-refractivity contribution in [1.82, 2.24) is 0 Å². The van der Waals surface area contributed by atoms with Gasteiger partial charge in [-0.05, 0) is 151 Å². The molecule has 0 unspecified atom stereocenters. The Balaban J connectivity index is 1.20. The molecule has 354 valence electrons. The number of rotatable bonds is 10. The second-order valence-electron chi connectivity index (χ2n) is 21.7. The second kappa shape index (κ2) is 18.8. The number of anilines is 9. The first-order valence-electron chi connectivity index (χ1n) is 24.7. The first kappa shape index (κ1) is 47.3. The first-order chi connectivity index (χ1) is 34.0. The van der Waals surface area contributed by atoms with Crippen molar-refractivity contribution < 1.29 is 4.42 Å². The lowest BCUT2D eigenvalue weighted by Gasteiger charge is -2.34. The molecule has 9 aromatic carbocycles. The van der Waals surface area contributed by atoms with Gasteiger partial charge in [0.1, 0.15) is 11.2 Å². The molecule has 0 N–H and O–H groups in total. The van der Waals surface area contributed by atoms with Gasteiger partial charge >= 0.3 is 0 Å². The van der Waals surface area contributed by atoms with E-state index in [1.165, 1.54) is 16.7 Å². The summed E-state index contributed by atoms with van der Waals surface area (Å²) in [6.45, 7) is 20.6. The number of benzene rings is 9. The molecule has 0 atom stereocenters. The molecule has 0 aliphatic rings. The van der Waals surface area contributed by atoms with E-state index in [9.17, 15) is 0 Å². The molecule has 10 rings (SSSR count). The molecule has 5 heteroatoms. The van der Waals surface area contributed by atoms with Crippen LogP contribution in [0.25, 0.3) is 33.1 Å². The average molecular weight is 993 g/mol. The molecule has 0 bridgehead atoms. The van der Waals surface area contributed by atoms with Gasteiger partial charge in [-0.15, -0.1) is 0 Å². The summed E-state index contributed by atoms with van der Waals surface area (Å²) < 4.78 is 7.52. The van der Waals surface area contributed by atoms with Crippen molar-refractivity contribution in [2.45, 2.75) is 78.6 Å². The van der Waals surface area contributed by atoms with Crippen molar-refractivity contribution in [2.24, 2.45) is 0 Å². The predicted molar refractivity (Wildman–Crippen MR) is 307 cm³/mol. The molecular weight excluding hydrogens is 931 g/mol. The number of para-hydroxylation sites is 4. The molecule has 1 aromatic heterocycles. The third kappa shape index (κ3) is 9.52. The fourth-order valence-electron chi connectivity index (χ4n) is 9.57. The maximum atomic E-state index is 6.55. The summed E-state index contributed by atoms with van der Waals surface area (Å²) in [5.41, 5.74) is 17.0. The van der Waals surface area contributed by atoms with Gasteiger partial charge in [0.15, 0.2) is 0 Å². The second-order valence-corrected chi connectivity index (χ2v) is 22.5. The zero-order valence-electron chi connectivity index (χ0n) is 42.3. The smallest absolute Gasteiger partial charge is 0.143 e. The molecule has 0 spiro atoms. The maximum Gasteiger partial charge on any atom is 0.143 e. The highest BCUT2D eigenvalue weighted by atomic mass is 79.9. The van der Waals surface area contributed by atoms with Gasteiger partial charge in [-0.25, -0.2) is 0 Å². The van der Waals surface area contributed by atoms with E-state index in [1.54, 1.807) is 0 Å². The van der Waals surface area contributed by atoms with Crippen molar-refractivity contribution in [2.75, 3.05) is 14.7 Å². The zero-order valence-corrected chi connectivity index (χ0v) is 43.9. The highest BCUT2D eigenvalue weighted by Crippen LogP contribution is 2.51. The van der Waals surface area contributed by atoms with E-state index in [0.717, 1.165) is 88.7 Å². The highest BCUT2D eigenvalue weighted by Gasteiger charge is 2.28. The average Bonchev–Trinajstić information content (AvgIpc) is 3.75. The summed E-state index contributed by atoms with van der Waals surface area (Å²) in [6.07, 6.45) is 0. The van der Waals surface area contributed by atoms with E-state index >= 15 is 0 Å². The highest BCUT2D eigenvalue weighted by molar-refractivity contribution is 9.10. The van der Waals surface area contributed by atoms with Crippen LogP contribution in [0, 0.1) is 0 Å². The lowest BCUT2D eigenvalue weighted by Crippen LogP contribution is -2.19. The van der Waals surface area contributed by atoms with Gasteiger partial charge in [-0.1, -0.05) is 178 Å². The van der Waals surface area contributed by atoms with Crippen molar-refractivity contribution in [3.63, 3.8) is 0 Å². The van der Waals surface area contributed by atoms with Crippen LogP contribution < -0.4 is 14.7 Å². The Bertz CT molecular complexity index is 3370. The van der Waals surface area contributed by atoms with Crippen LogP contribution in [-0.4, -0.2) is 0 Å². The number of nitrogens with zero attached hydrogens (tertiary/aromatic N) is 3. The maximum absolute atomic E-state index is 6.55. The van der Waals surface area contributed by atoms with Gasteiger partial charge in [0, 0.05) is 56.1 Å². The van der Waals surface area contributed by atoms with Gasteiger partial charge in [-0.2, -0.15) is 0 Å². The van der Waals surface area contributed by atoms with E-state index < -0.39 is 0 Å². The van der Waals surface area contributed by atoms with E-state index in [-0.39, 0.29) is 16.2 Å². The summed E-state index contributed by atoms with van der Waals surface area (Å²) in [5.74, 6) is 0. The van der Waals surface area contributed by atoms with E-state index in [0.29, 0.717) is 0 Å². The number of halogens is 1. The van der Waals surface area contributed by atoms with Crippen molar-refractivity contribution in [3.8, 4) is 11.1 Å². The van der Waals surface area contributed by atoms with E-state index in [1.807, 2.05) is 12.1 Å². The Morgan fingerprint density at radius 2 is 0.732 bits per heavy atom. The zero-order chi connectivity index (χ0) is 49.7. The SMILES string of the molecule is CC(C)(C)c1ccc(N(c2ccc(C(C)(C)C)cc2)c2cc(C(C)(C)C)cc(N(c3ccc(-c4cccc5c4oc4ccccc45)cc3)c3cccc(N(c4ccccc4)c4ccccc4)c3)c2Br)cc1. The molecule has 0 saturated heterocycles. The fraction of sp³-hybridized carbons (Fsp3) is 0.182. The predicted octanol–water partition coefficient (Wildman–Crippen LogP) is 20.3. The van der Waals surface area contributed by atoms with Crippen LogP contribution in [0.15, 0.2) is 221 Å². The minimum Gasteiger partial charge on any atom is -0.455 e. The Morgan fingerprint density at radius 3 is 1.24 bits per heavy atom. The molecule has 10 aromatic rings. The quantitative estimate of drug-likeness (QED) is 0.136. The standard InChI is InChI=1S/C66H62BrN3O/c1-64(2,3)46-32-38-52(39-33-46)69(53-40-34-47(35-41-53)65(4,5)6)59-42-48(66(7,8)9)43-60(62(59)67)70(55-25-18-24-54(44-55)68(49-20-12-10-13-21-49)50-22-14-11-15-23-50)51-36-30-45(31-37-51)56-27-19-28-58-57-26-16-17-29-61(57)71-63(56)58/h10-44H,1-9H3. The van der Waals surface area contributed by atoms with Gasteiger partial charge in [0.2, 0.25) is 0 Å². The van der Waals surface area contributed by atoms with Crippen LogP contribution in [0.2, 0.25) is 0 Å². The van der Waals surface area contributed by atoms with Crippen LogP contribution in [0.5, 0.6) is 0 Å².